The number of carbonyl (C=O) groups is 2. The molecule has 1 saturated heterocycles. The van der Waals surface area contributed by atoms with E-state index in [9.17, 15) is 9.59 Å². The third-order valence-electron chi connectivity index (χ3n) is 5.61. The van der Waals surface area contributed by atoms with Gasteiger partial charge in [-0.1, -0.05) is 36.2 Å². The molecule has 0 radical (unpaired) electrons. The highest BCUT2D eigenvalue weighted by Gasteiger charge is 2.49. The Kier molecular flexibility index (Phi) is 4.72. The lowest BCUT2D eigenvalue weighted by atomic mass is 9.81. The van der Waals surface area contributed by atoms with Crippen molar-refractivity contribution >= 4 is 40.4 Å². The molecule has 1 unspecified atom stereocenters. The number of thiazole rings is 1. The molecule has 1 aromatic heterocycles. The third kappa shape index (κ3) is 3.25. The Labute approximate surface area is 167 Å². The SMILES string of the molecule is CCC(=O)N1CCC2(C1)CN(C(=O)Cc1ncc(Cl)s1)c1ccc(C)cc12. The molecular formula is C20H22ClN3O2S. The van der Waals surface area contributed by atoms with Crippen LogP contribution < -0.4 is 4.90 Å². The smallest absolute Gasteiger partial charge is 0.233 e. The number of benzene rings is 1. The molecule has 1 aromatic carbocycles. The van der Waals surface area contributed by atoms with Crippen molar-refractivity contribution in [2.45, 2.75) is 38.5 Å². The van der Waals surface area contributed by atoms with E-state index in [-0.39, 0.29) is 23.7 Å². The summed E-state index contributed by atoms with van der Waals surface area (Å²) in [5, 5.41) is 0.730. The number of anilines is 1. The number of fused-ring (bicyclic) bond motifs is 2. The van der Waals surface area contributed by atoms with E-state index >= 15 is 0 Å². The van der Waals surface area contributed by atoms with Gasteiger partial charge in [-0.05, 0) is 25.0 Å². The number of aromatic nitrogens is 1. The number of aryl methyl sites for hydroxylation is 1. The zero-order valence-corrected chi connectivity index (χ0v) is 17.1. The Balaban J connectivity index is 1.64. The van der Waals surface area contributed by atoms with Gasteiger partial charge >= 0.3 is 0 Å². The number of likely N-dealkylation sites (tertiary alicyclic amines) is 1. The third-order valence-corrected chi connectivity index (χ3v) is 6.73. The Hall–Kier alpha value is -1.92. The summed E-state index contributed by atoms with van der Waals surface area (Å²) in [5.41, 5.74) is 3.18. The Morgan fingerprint density at radius 2 is 2.11 bits per heavy atom. The standard InChI is InChI=1S/C20H22ClN3O2S/c1-3-18(25)23-7-6-20(11-23)12-24(15-5-4-13(2)8-14(15)20)19(26)9-17-22-10-16(21)27-17/h4-5,8,10H,3,6-7,9,11-12H2,1-2H3. The van der Waals surface area contributed by atoms with Crippen LogP contribution in [0.5, 0.6) is 0 Å². The first kappa shape index (κ1) is 18.4. The molecule has 2 aliphatic rings. The topological polar surface area (TPSA) is 53.5 Å². The molecule has 3 heterocycles. The fourth-order valence-corrected chi connectivity index (χ4v) is 5.21. The van der Waals surface area contributed by atoms with E-state index in [4.69, 9.17) is 11.6 Å². The fourth-order valence-electron chi connectivity index (χ4n) is 4.26. The first-order valence-corrected chi connectivity index (χ1v) is 10.4. The summed E-state index contributed by atoms with van der Waals surface area (Å²) >= 11 is 7.30. The highest BCUT2D eigenvalue weighted by Crippen LogP contribution is 2.47. The molecule has 7 heteroatoms. The van der Waals surface area contributed by atoms with Crippen LogP contribution in [0.1, 0.15) is 35.9 Å². The van der Waals surface area contributed by atoms with Crippen molar-refractivity contribution in [3.8, 4) is 0 Å². The van der Waals surface area contributed by atoms with Gasteiger partial charge in [0.05, 0.1) is 12.6 Å². The first-order chi connectivity index (χ1) is 12.9. The predicted octanol–water partition coefficient (Wildman–Crippen LogP) is 3.57. The van der Waals surface area contributed by atoms with Gasteiger partial charge < -0.3 is 9.80 Å². The number of hydrogen-bond donors (Lipinski definition) is 0. The molecule has 1 atom stereocenters. The summed E-state index contributed by atoms with van der Waals surface area (Å²) in [6, 6.07) is 6.27. The van der Waals surface area contributed by atoms with Crippen molar-refractivity contribution in [1.29, 1.82) is 0 Å². The predicted molar refractivity (Wildman–Crippen MR) is 108 cm³/mol. The van der Waals surface area contributed by atoms with Crippen molar-refractivity contribution in [2.24, 2.45) is 0 Å². The average Bonchev–Trinajstić information content (AvgIpc) is 3.34. The Morgan fingerprint density at radius 1 is 1.30 bits per heavy atom. The van der Waals surface area contributed by atoms with Crippen LogP contribution in [0.2, 0.25) is 4.34 Å². The number of halogens is 1. The van der Waals surface area contributed by atoms with E-state index in [2.05, 4.69) is 18.0 Å². The summed E-state index contributed by atoms with van der Waals surface area (Å²) in [6.07, 6.45) is 3.24. The molecule has 2 aromatic rings. The lowest BCUT2D eigenvalue weighted by Crippen LogP contribution is -2.40. The second kappa shape index (κ2) is 6.91. The molecular weight excluding hydrogens is 382 g/mol. The maximum atomic E-state index is 13.1. The molecule has 2 amide bonds. The van der Waals surface area contributed by atoms with Gasteiger partial charge in [0.25, 0.3) is 0 Å². The number of carbonyl (C=O) groups excluding carboxylic acids is 2. The van der Waals surface area contributed by atoms with Gasteiger partial charge in [-0.3, -0.25) is 9.59 Å². The summed E-state index contributed by atoms with van der Waals surface area (Å²) in [6.45, 7) is 6.03. The summed E-state index contributed by atoms with van der Waals surface area (Å²) in [7, 11) is 0. The van der Waals surface area contributed by atoms with Crippen LogP contribution in [0, 0.1) is 6.92 Å². The highest BCUT2D eigenvalue weighted by atomic mass is 35.5. The lowest BCUT2D eigenvalue weighted by Gasteiger charge is -2.25. The van der Waals surface area contributed by atoms with Crippen molar-refractivity contribution in [3.63, 3.8) is 0 Å². The van der Waals surface area contributed by atoms with Gasteiger partial charge in [-0.25, -0.2) is 4.98 Å². The lowest BCUT2D eigenvalue weighted by molar-refractivity contribution is -0.129. The van der Waals surface area contributed by atoms with E-state index in [1.165, 1.54) is 22.5 Å². The minimum atomic E-state index is -0.164. The fraction of sp³-hybridized carbons (Fsp3) is 0.450. The van der Waals surface area contributed by atoms with E-state index in [0.29, 0.717) is 23.8 Å². The molecule has 4 rings (SSSR count). The molecule has 2 aliphatic heterocycles. The second-order valence-electron chi connectivity index (χ2n) is 7.43. The molecule has 0 aliphatic carbocycles. The van der Waals surface area contributed by atoms with E-state index in [0.717, 1.165) is 23.7 Å². The largest absolute Gasteiger partial charge is 0.342 e. The molecule has 142 valence electrons. The van der Waals surface area contributed by atoms with Gasteiger partial charge in [0, 0.05) is 37.2 Å². The zero-order valence-electron chi connectivity index (χ0n) is 15.5. The molecule has 0 saturated carbocycles. The van der Waals surface area contributed by atoms with Crippen LogP contribution >= 0.6 is 22.9 Å². The van der Waals surface area contributed by atoms with Gasteiger partial charge in [0.15, 0.2) is 0 Å². The first-order valence-electron chi connectivity index (χ1n) is 9.21. The Bertz CT molecular complexity index is 912. The number of amides is 2. The van der Waals surface area contributed by atoms with E-state index in [1.807, 2.05) is 28.9 Å². The van der Waals surface area contributed by atoms with Gasteiger partial charge in [0.1, 0.15) is 9.34 Å². The van der Waals surface area contributed by atoms with Crippen LogP contribution in [-0.2, 0) is 21.4 Å². The molecule has 0 N–H and O–H groups in total. The number of rotatable bonds is 3. The molecule has 1 fully saturated rings. The normalized spacial score (nSPS) is 21.1. The van der Waals surface area contributed by atoms with Gasteiger partial charge in [-0.2, -0.15) is 0 Å². The maximum absolute atomic E-state index is 13.1. The molecule has 1 spiro atoms. The van der Waals surface area contributed by atoms with Gasteiger partial charge in [-0.15, -0.1) is 11.3 Å². The monoisotopic (exact) mass is 403 g/mol. The quantitative estimate of drug-likeness (QED) is 0.787. The average molecular weight is 404 g/mol. The second-order valence-corrected chi connectivity index (χ2v) is 9.18. The van der Waals surface area contributed by atoms with Crippen molar-refractivity contribution in [1.82, 2.24) is 9.88 Å². The minimum absolute atomic E-state index is 0.0308. The van der Waals surface area contributed by atoms with Crippen molar-refractivity contribution in [2.75, 3.05) is 24.5 Å². The molecule has 0 bridgehead atoms. The molecule has 5 nitrogen and oxygen atoms in total. The van der Waals surface area contributed by atoms with Crippen LogP contribution in [0.25, 0.3) is 0 Å². The van der Waals surface area contributed by atoms with Gasteiger partial charge in [0.2, 0.25) is 11.8 Å². The summed E-state index contributed by atoms with van der Waals surface area (Å²) in [4.78, 5) is 33.3. The zero-order chi connectivity index (χ0) is 19.2. The van der Waals surface area contributed by atoms with Crippen LogP contribution in [-0.4, -0.2) is 41.3 Å². The summed E-state index contributed by atoms with van der Waals surface area (Å²) in [5.74, 6) is 0.214. The van der Waals surface area contributed by atoms with Crippen LogP contribution in [0.3, 0.4) is 0 Å². The Morgan fingerprint density at radius 3 is 2.81 bits per heavy atom. The van der Waals surface area contributed by atoms with Crippen LogP contribution in [0.15, 0.2) is 24.4 Å². The maximum Gasteiger partial charge on any atom is 0.233 e. The highest BCUT2D eigenvalue weighted by molar-refractivity contribution is 7.15. The van der Waals surface area contributed by atoms with Crippen molar-refractivity contribution < 1.29 is 9.59 Å². The van der Waals surface area contributed by atoms with Crippen molar-refractivity contribution in [3.05, 3.63) is 44.9 Å². The minimum Gasteiger partial charge on any atom is -0.342 e. The van der Waals surface area contributed by atoms with Crippen LogP contribution in [0.4, 0.5) is 5.69 Å². The van der Waals surface area contributed by atoms with E-state index in [1.54, 1.807) is 6.20 Å². The summed E-state index contributed by atoms with van der Waals surface area (Å²) < 4.78 is 0.594. The molecule has 27 heavy (non-hydrogen) atoms. The number of nitrogens with zero attached hydrogens (tertiary/aromatic N) is 3. The number of hydrogen-bond acceptors (Lipinski definition) is 4. The van der Waals surface area contributed by atoms with E-state index < -0.39 is 0 Å².